The maximum Gasteiger partial charge on any atom is 0.262 e. The van der Waals surface area contributed by atoms with Crippen molar-refractivity contribution in [1.29, 1.82) is 0 Å². The van der Waals surface area contributed by atoms with E-state index in [1.165, 1.54) is 16.4 Å². The zero-order valence-corrected chi connectivity index (χ0v) is 16.8. The van der Waals surface area contributed by atoms with Crippen LogP contribution in [0.25, 0.3) is 0 Å². The molecule has 2 aromatic carbocycles. The summed E-state index contributed by atoms with van der Waals surface area (Å²) in [5, 5.41) is 2.79. The third-order valence-corrected chi connectivity index (χ3v) is 6.22. The highest BCUT2D eigenvalue weighted by molar-refractivity contribution is 7.89. The molecule has 1 aliphatic heterocycles. The number of ether oxygens (including phenoxy) is 2. The summed E-state index contributed by atoms with van der Waals surface area (Å²) in [5.74, 6) is 0.145. The van der Waals surface area contributed by atoms with Crippen LogP contribution in [-0.2, 0) is 19.6 Å². The van der Waals surface area contributed by atoms with Crippen molar-refractivity contribution in [1.82, 2.24) is 4.31 Å². The molecule has 0 saturated carbocycles. The lowest BCUT2D eigenvalue weighted by Crippen LogP contribution is -2.40. The fourth-order valence-electron chi connectivity index (χ4n) is 3.04. The van der Waals surface area contributed by atoms with Crippen LogP contribution >= 0.6 is 0 Å². The lowest BCUT2D eigenvalue weighted by atomic mass is 10.1. The van der Waals surface area contributed by atoms with Gasteiger partial charge in [0.2, 0.25) is 10.0 Å². The summed E-state index contributed by atoms with van der Waals surface area (Å²) < 4.78 is 37.3. The van der Waals surface area contributed by atoms with Crippen LogP contribution < -0.4 is 10.1 Å². The van der Waals surface area contributed by atoms with Crippen molar-refractivity contribution >= 4 is 21.6 Å². The minimum atomic E-state index is -3.54. The highest BCUT2D eigenvalue weighted by atomic mass is 32.2. The summed E-state index contributed by atoms with van der Waals surface area (Å²) in [7, 11) is -3.54. The Morgan fingerprint density at radius 3 is 2.29 bits per heavy atom. The van der Waals surface area contributed by atoms with E-state index in [-0.39, 0.29) is 17.4 Å². The van der Waals surface area contributed by atoms with Gasteiger partial charge in [0.1, 0.15) is 5.75 Å². The maximum atomic E-state index is 12.6. The highest BCUT2D eigenvalue weighted by Gasteiger charge is 2.26. The largest absolute Gasteiger partial charge is 0.484 e. The van der Waals surface area contributed by atoms with Gasteiger partial charge in [-0.15, -0.1) is 0 Å². The molecular formula is C20H24N2O5S. The first-order valence-corrected chi connectivity index (χ1v) is 10.5. The Morgan fingerprint density at radius 1 is 1.07 bits per heavy atom. The van der Waals surface area contributed by atoms with Gasteiger partial charge in [-0.1, -0.05) is 6.07 Å². The Balaban J connectivity index is 1.57. The number of nitrogens with one attached hydrogen (secondary N) is 1. The molecule has 1 aliphatic rings. The summed E-state index contributed by atoms with van der Waals surface area (Å²) >= 11 is 0. The predicted octanol–water partition coefficient (Wildman–Crippen LogP) is 2.34. The van der Waals surface area contributed by atoms with Crippen molar-refractivity contribution in [3.8, 4) is 5.75 Å². The van der Waals surface area contributed by atoms with Crippen LogP contribution in [0.5, 0.6) is 5.75 Å². The molecule has 150 valence electrons. The van der Waals surface area contributed by atoms with E-state index in [9.17, 15) is 13.2 Å². The van der Waals surface area contributed by atoms with Crippen molar-refractivity contribution in [2.75, 3.05) is 38.2 Å². The molecule has 3 rings (SSSR count). The normalized spacial score (nSPS) is 15.2. The first-order valence-electron chi connectivity index (χ1n) is 9.03. The minimum Gasteiger partial charge on any atom is -0.484 e. The van der Waals surface area contributed by atoms with E-state index in [0.717, 1.165) is 16.8 Å². The molecule has 0 spiro atoms. The van der Waals surface area contributed by atoms with Crippen LogP contribution in [0, 0.1) is 13.8 Å². The summed E-state index contributed by atoms with van der Waals surface area (Å²) in [6.07, 6.45) is 0. The van der Waals surface area contributed by atoms with E-state index in [4.69, 9.17) is 9.47 Å². The van der Waals surface area contributed by atoms with Crippen LogP contribution in [0.4, 0.5) is 5.69 Å². The molecule has 8 heteroatoms. The topological polar surface area (TPSA) is 84.9 Å². The summed E-state index contributed by atoms with van der Waals surface area (Å²) in [6, 6.07) is 11.9. The Bertz CT molecular complexity index is 915. The van der Waals surface area contributed by atoms with Gasteiger partial charge in [-0.2, -0.15) is 4.31 Å². The van der Waals surface area contributed by atoms with E-state index in [1.54, 1.807) is 12.1 Å². The Morgan fingerprint density at radius 2 is 1.68 bits per heavy atom. The fourth-order valence-corrected chi connectivity index (χ4v) is 4.44. The fraction of sp³-hybridized carbons (Fsp3) is 0.350. The van der Waals surface area contributed by atoms with Crippen molar-refractivity contribution in [2.45, 2.75) is 18.7 Å². The Labute approximate surface area is 165 Å². The first kappa shape index (κ1) is 20.3. The van der Waals surface area contributed by atoms with Gasteiger partial charge in [0.15, 0.2) is 6.61 Å². The number of hydrogen-bond donors (Lipinski definition) is 1. The van der Waals surface area contributed by atoms with Gasteiger partial charge in [0, 0.05) is 18.8 Å². The summed E-state index contributed by atoms with van der Waals surface area (Å²) in [6.45, 7) is 5.25. The van der Waals surface area contributed by atoms with Crippen molar-refractivity contribution in [2.24, 2.45) is 0 Å². The Hall–Kier alpha value is -2.42. The second-order valence-electron chi connectivity index (χ2n) is 6.70. The standard InChI is InChI=1S/C20H24N2O5S/c1-15-11-16(2)13-17(12-15)21-20(23)14-27-18-3-5-19(6-4-18)28(24,25)22-7-9-26-10-8-22/h3-6,11-13H,7-10,14H2,1-2H3,(H,21,23). The molecule has 0 bridgehead atoms. The van der Waals surface area contributed by atoms with Crippen LogP contribution in [0.3, 0.4) is 0 Å². The van der Waals surface area contributed by atoms with Gasteiger partial charge in [-0.05, 0) is 61.4 Å². The average molecular weight is 404 g/mol. The molecule has 1 heterocycles. The van der Waals surface area contributed by atoms with E-state index in [2.05, 4.69) is 5.32 Å². The molecule has 0 unspecified atom stereocenters. The highest BCUT2D eigenvalue weighted by Crippen LogP contribution is 2.20. The number of amides is 1. The third-order valence-electron chi connectivity index (χ3n) is 4.31. The molecule has 1 saturated heterocycles. The quantitative estimate of drug-likeness (QED) is 0.799. The average Bonchev–Trinajstić information content (AvgIpc) is 2.66. The van der Waals surface area contributed by atoms with Crippen LogP contribution in [0.2, 0.25) is 0 Å². The van der Waals surface area contributed by atoms with Crippen molar-refractivity contribution in [3.63, 3.8) is 0 Å². The van der Waals surface area contributed by atoms with E-state index < -0.39 is 10.0 Å². The predicted molar refractivity (Wildman–Crippen MR) is 106 cm³/mol. The van der Waals surface area contributed by atoms with Gasteiger partial charge in [0.05, 0.1) is 18.1 Å². The van der Waals surface area contributed by atoms with Crippen LogP contribution in [-0.4, -0.2) is 51.5 Å². The minimum absolute atomic E-state index is 0.164. The zero-order chi connectivity index (χ0) is 20.1. The zero-order valence-electron chi connectivity index (χ0n) is 16.0. The first-order chi connectivity index (χ1) is 13.3. The second-order valence-corrected chi connectivity index (χ2v) is 8.64. The molecule has 1 N–H and O–H groups in total. The van der Waals surface area contributed by atoms with Gasteiger partial charge in [0.25, 0.3) is 5.91 Å². The number of morpholine rings is 1. The van der Waals surface area contributed by atoms with Gasteiger partial charge in [-0.25, -0.2) is 8.42 Å². The maximum absolute atomic E-state index is 12.6. The number of rotatable bonds is 6. The molecule has 0 radical (unpaired) electrons. The molecule has 0 aromatic heterocycles. The second kappa shape index (κ2) is 8.72. The molecule has 2 aromatic rings. The number of aryl methyl sites for hydroxylation is 2. The lowest BCUT2D eigenvalue weighted by molar-refractivity contribution is -0.118. The van der Waals surface area contributed by atoms with E-state index in [1.807, 2.05) is 32.0 Å². The monoisotopic (exact) mass is 404 g/mol. The molecule has 0 atom stereocenters. The number of benzene rings is 2. The van der Waals surface area contributed by atoms with E-state index in [0.29, 0.717) is 32.1 Å². The number of hydrogen-bond acceptors (Lipinski definition) is 5. The SMILES string of the molecule is Cc1cc(C)cc(NC(=O)COc2ccc(S(=O)(=O)N3CCOCC3)cc2)c1. The van der Waals surface area contributed by atoms with E-state index >= 15 is 0 Å². The lowest BCUT2D eigenvalue weighted by Gasteiger charge is -2.26. The van der Waals surface area contributed by atoms with Crippen LogP contribution in [0.1, 0.15) is 11.1 Å². The molecule has 7 nitrogen and oxygen atoms in total. The number of carbonyl (C=O) groups excluding carboxylic acids is 1. The molecule has 28 heavy (non-hydrogen) atoms. The number of sulfonamides is 1. The van der Waals surface area contributed by atoms with Gasteiger partial charge >= 0.3 is 0 Å². The van der Waals surface area contributed by atoms with Crippen molar-refractivity contribution in [3.05, 3.63) is 53.6 Å². The number of carbonyl (C=O) groups is 1. The van der Waals surface area contributed by atoms with Crippen LogP contribution in [0.15, 0.2) is 47.4 Å². The summed E-state index contributed by atoms with van der Waals surface area (Å²) in [5.41, 5.74) is 2.85. The third kappa shape index (κ3) is 5.09. The van der Waals surface area contributed by atoms with Gasteiger partial charge < -0.3 is 14.8 Å². The number of anilines is 1. The summed E-state index contributed by atoms with van der Waals surface area (Å²) in [4.78, 5) is 12.3. The molecule has 0 aliphatic carbocycles. The van der Waals surface area contributed by atoms with Gasteiger partial charge in [-0.3, -0.25) is 4.79 Å². The molecule has 1 amide bonds. The molecule has 1 fully saturated rings. The Kier molecular flexibility index (Phi) is 6.33. The smallest absolute Gasteiger partial charge is 0.262 e. The number of nitrogens with zero attached hydrogens (tertiary/aromatic N) is 1. The van der Waals surface area contributed by atoms with Crippen molar-refractivity contribution < 1.29 is 22.7 Å². The molecular weight excluding hydrogens is 380 g/mol.